The maximum Gasteiger partial charge on any atom is 0.276 e. The lowest BCUT2D eigenvalue weighted by atomic mass is 9.93. The molecule has 0 spiro atoms. The third-order valence-corrected chi connectivity index (χ3v) is 7.00. The van der Waals surface area contributed by atoms with Crippen molar-refractivity contribution in [2.75, 3.05) is 33.4 Å². The van der Waals surface area contributed by atoms with Crippen molar-refractivity contribution in [2.45, 2.75) is 51.1 Å². The van der Waals surface area contributed by atoms with Gasteiger partial charge in [0.2, 0.25) is 5.91 Å². The highest BCUT2D eigenvalue weighted by molar-refractivity contribution is 5.77. The average molecular weight is 426 g/mol. The van der Waals surface area contributed by atoms with E-state index in [2.05, 4.69) is 22.2 Å². The first kappa shape index (κ1) is 20.5. The zero-order valence-corrected chi connectivity index (χ0v) is 18.2. The molecule has 0 bridgehead atoms. The standard InChI is InChI=1S/C23H31N5O3/c1-31-15-22(29)27-11-9-17-19(14-27)24-21-12-18(25-28(21)23(17)30)20-8-5-10-26(20)13-16-6-3-2-4-7-16/h2-3,12,16,20,25H,4-11,13-15H2,1H3/t16-,20+/m0/s1. The fourth-order valence-electron chi connectivity index (χ4n) is 5.36. The van der Waals surface area contributed by atoms with E-state index >= 15 is 0 Å². The Morgan fingerprint density at radius 3 is 3.00 bits per heavy atom. The molecule has 0 radical (unpaired) electrons. The van der Waals surface area contributed by atoms with Crippen molar-refractivity contribution in [3.05, 3.63) is 45.5 Å². The van der Waals surface area contributed by atoms with Gasteiger partial charge in [-0.1, -0.05) is 12.2 Å². The van der Waals surface area contributed by atoms with Crippen molar-refractivity contribution in [3.63, 3.8) is 0 Å². The second kappa shape index (κ2) is 8.59. The summed E-state index contributed by atoms with van der Waals surface area (Å²) in [4.78, 5) is 34.4. The van der Waals surface area contributed by atoms with Crippen LogP contribution in [0.4, 0.5) is 0 Å². The number of ether oxygens (including phenoxy) is 1. The lowest BCUT2D eigenvalue weighted by Crippen LogP contribution is -2.41. The molecule has 1 N–H and O–H groups in total. The summed E-state index contributed by atoms with van der Waals surface area (Å²) in [6.07, 6.45) is 11.0. The van der Waals surface area contributed by atoms with Crippen LogP contribution in [0.5, 0.6) is 0 Å². The minimum atomic E-state index is -0.0657. The Labute approximate surface area is 181 Å². The minimum Gasteiger partial charge on any atom is -0.375 e. The minimum absolute atomic E-state index is 0.0351. The van der Waals surface area contributed by atoms with Crippen molar-refractivity contribution >= 4 is 11.6 Å². The van der Waals surface area contributed by atoms with Crippen molar-refractivity contribution in [1.29, 1.82) is 0 Å². The van der Waals surface area contributed by atoms with Crippen LogP contribution in [0.25, 0.3) is 5.65 Å². The van der Waals surface area contributed by atoms with Gasteiger partial charge in [0.1, 0.15) is 6.61 Å². The molecule has 1 saturated heterocycles. The number of methoxy groups -OCH3 is 1. The monoisotopic (exact) mass is 425 g/mol. The van der Waals surface area contributed by atoms with Gasteiger partial charge in [0.05, 0.1) is 24.0 Å². The summed E-state index contributed by atoms with van der Waals surface area (Å²) in [7, 11) is 1.52. The molecule has 1 aliphatic carbocycles. The Kier molecular flexibility index (Phi) is 5.67. The van der Waals surface area contributed by atoms with Crippen LogP contribution < -0.4 is 5.56 Å². The van der Waals surface area contributed by atoms with E-state index in [1.807, 2.05) is 6.07 Å². The van der Waals surface area contributed by atoms with Crippen LogP contribution in [0.15, 0.2) is 23.0 Å². The van der Waals surface area contributed by atoms with Crippen molar-refractivity contribution in [1.82, 2.24) is 24.4 Å². The molecule has 5 rings (SSSR count). The number of hydrogen-bond acceptors (Lipinski definition) is 5. The Morgan fingerprint density at radius 2 is 2.19 bits per heavy atom. The molecule has 0 unspecified atom stereocenters. The predicted octanol–water partition coefficient (Wildman–Crippen LogP) is 2.05. The van der Waals surface area contributed by atoms with E-state index < -0.39 is 0 Å². The van der Waals surface area contributed by atoms with Crippen molar-refractivity contribution < 1.29 is 9.53 Å². The number of aromatic nitrogens is 3. The normalized spacial score (nSPS) is 24.1. The molecule has 2 aromatic heterocycles. The van der Waals surface area contributed by atoms with Crippen LogP contribution in [0.1, 0.15) is 55.1 Å². The number of carbonyl (C=O) groups is 1. The fourth-order valence-corrected chi connectivity index (χ4v) is 5.36. The van der Waals surface area contributed by atoms with E-state index in [9.17, 15) is 9.59 Å². The summed E-state index contributed by atoms with van der Waals surface area (Å²) in [5.41, 5.74) is 3.11. The number of carbonyl (C=O) groups excluding carboxylic acids is 1. The molecule has 4 heterocycles. The molecule has 8 nitrogen and oxygen atoms in total. The number of allylic oxidation sites excluding steroid dienone is 2. The first-order valence-corrected chi connectivity index (χ1v) is 11.4. The highest BCUT2D eigenvalue weighted by atomic mass is 16.5. The maximum absolute atomic E-state index is 13.1. The molecule has 2 atom stereocenters. The number of rotatable bonds is 5. The summed E-state index contributed by atoms with van der Waals surface area (Å²) in [5.74, 6) is 0.655. The van der Waals surface area contributed by atoms with Crippen LogP contribution in [-0.4, -0.2) is 63.7 Å². The van der Waals surface area contributed by atoms with E-state index in [-0.39, 0.29) is 18.1 Å². The molecule has 166 valence electrons. The van der Waals surface area contributed by atoms with Gasteiger partial charge in [-0.25, -0.2) is 9.50 Å². The smallest absolute Gasteiger partial charge is 0.276 e. The second-order valence-corrected chi connectivity index (χ2v) is 9.05. The number of hydrogen-bond donors (Lipinski definition) is 1. The van der Waals surface area contributed by atoms with Crippen LogP contribution in [-0.2, 0) is 22.5 Å². The molecule has 0 aromatic carbocycles. The van der Waals surface area contributed by atoms with Crippen molar-refractivity contribution in [2.24, 2.45) is 5.92 Å². The average Bonchev–Trinajstić information content (AvgIpc) is 3.41. The van der Waals surface area contributed by atoms with Gasteiger partial charge in [-0.3, -0.25) is 19.6 Å². The number of fused-ring (bicyclic) bond motifs is 2. The van der Waals surface area contributed by atoms with Gasteiger partial charge >= 0.3 is 0 Å². The Morgan fingerprint density at radius 1 is 1.29 bits per heavy atom. The second-order valence-electron chi connectivity index (χ2n) is 9.05. The van der Waals surface area contributed by atoms with Gasteiger partial charge in [0, 0.05) is 31.8 Å². The number of H-pyrrole nitrogens is 1. The largest absolute Gasteiger partial charge is 0.375 e. The molecule has 8 heteroatoms. The zero-order valence-electron chi connectivity index (χ0n) is 18.2. The summed E-state index contributed by atoms with van der Waals surface area (Å²) in [5, 5.41) is 3.36. The summed E-state index contributed by atoms with van der Waals surface area (Å²) >= 11 is 0. The first-order valence-electron chi connectivity index (χ1n) is 11.4. The summed E-state index contributed by atoms with van der Waals surface area (Å²) in [6.45, 7) is 3.17. The molecule has 1 fully saturated rings. The number of aromatic amines is 1. The van der Waals surface area contributed by atoms with E-state index in [4.69, 9.17) is 9.72 Å². The molecule has 3 aliphatic rings. The van der Waals surface area contributed by atoms with Crippen LogP contribution in [0.3, 0.4) is 0 Å². The maximum atomic E-state index is 13.1. The van der Waals surface area contributed by atoms with E-state index in [1.54, 1.807) is 9.42 Å². The number of nitrogens with zero attached hydrogens (tertiary/aromatic N) is 4. The van der Waals surface area contributed by atoms with Gasteiger partial charge < -0.3 is 9.64 Å². The highest BCUT2D eigenvalue weighted by Gasteiger charge is 2.31. The molecule has 1 amide bonds. The Hall–Kier alpha value is -2.45. The van der Waals surface area contributed by atoms with Crippen LogP contribution in [0.2, 0.25) is 0 Å². The lowest BCUT2D eigenvalue weighted by Gasteiger charge is -2.29. The van der Waals surface area contributed by atoms with Crippen molar-refractivity contribution in [3.8, 4) is 0 Å². The van der Waals surface area contributed by atoms with Crippen LogP contribution in [0, 0.1) is 5.92 Å². The Bertz CT molecular complexity index is 1060. The zero-order chi connectivity index (χ0) is 21.4. The summed E-state index contributed by atoms with van der Waals surface area (Å²) < 4.78 is 6.57. The molecule has 31 heavy (non-hydrogen) atoms. The fraction of sp³-hybridized carbons (Fsp3) is 0.609. The SMILES string of the molecule is COCC(=O)N1CCc2c(nc3cc([C@H]4CCCN4C[C@H]4CC=CCC4)[nH]n3c2=O)C1. The predicted molar refractivity (Wildman–Crippen MR) is 117 cm³/mol. The van der Waals surface area contributed by atoms with Gasteiger partial charge in [-0.15, -0.1) is 0 Å². The van der Waals surface area contributed by atoms with E-state index in [1.165, 1.54) is 32.8 Å². The number of nitrogens with one attached hydrogen (secondary N) is 1. The highest BCUT2D eigenvalue weighted by Crippen LogP contribution is 2.33. The van der Waals surface area contributed by atoms with Crippen LogP contribution >= 0.6 is 0 Å². The molecular weight excluding hydrogens is 394 g/mol. The van der Waals surface area contributed by atoms with Gasteiger partial charge in [-0.05, 0) is 51.0 Å². The Balaban J connectivity index is 1.40. The lowest BCUT2D eigenvalue weighted by molar-refractivity contribution is -0.136. The third-order valence-electron chi connectivity index (χ3n) is 7.00. The molecular formula is C23H31N5O3. The van der Waals surface area contributed by atoms with Gasteiger partial charge in [0.15, 0.2) is 5.65 Å². The molecule has 2 aromatic rings. The third kappa shape index (κ3) is 3.94. The summed E-state index contributed by atoms with van der Waals surface area (Å²) in [6, 6.07) is 2.34. The quantitative estimate of drug-likeness (QED) is 0.742. The first-order chi connectivity index (χ1) is 15.1. The molecule has 0 saturated carbocycles. The topological polar surface area (TPSA) is 82.9 Å². The van der Waals surface area contributed by atoms with Gasteiger partial charge in [0.25, 0.3) is 5.56 Å². The number of amides is 1. The molecule has 2 aliphatic heterocycles. The van der Waals surface area contributed by atoms with E-state index in [0.29, 0.717) is 42.5 Å². The number of likely N-dealkylation sites (tertiary alicyclic amines) is 1. The van der Waals surface area contributed by atoms with Gasteiger partial charge in [-0.2, -0.15) is 0 Å². The van der Waals surface area contributed by atoms with E-state index in [0.717, 1.165) is 31.1 Å².